The van der Waals surface area contributed by atoms with Crippen LogP contribution >= 0.6 is 22.9 Å². The van der Waals surface area contributed by atoms with Crippen molar-refractivity contribution in [2.24, 2.45) is 5.92 Å². The molecule has 1 atom stereocenters. The summed E-state index contributed by atoms with van der Waals surface area (Å²) >= 11 is 7.34. The largest absolute Gasteiger partial charge is 0.351 e. The van der Waals surface area contributed by atoms with Crippen molar-refractivity contribution in [2.75, 3.05) is 6.54 Å². The van der Waals surface area contributed by atoms with Crippen LogP contribution in [0.5, 0.6) is 0 Å². The monoisotopic (exact) mass is 326 g/mol. The zero-order valence-electron chi connectivity index (χ0n) is 11.8. The molecule has 0 aromatic carbocycles. The first kappa shape index (κ1) is 14.9. The van der Waals surface area contributed by atoms with Crippen molar-refractivity contribution in [2.45, 2.75) is 44.7 Å². The van der Waals surface area contributed by atoms with Crippen LogP contribution in [0.1, 0.15) is 37.0 Å². The fourth-order valence-electron chi connectivity index (χ4n) is 3.24. The molecule has 1 saturated heterocycles. The molecule has 1 aromatic rings. The van der Waals surface area contributed by atoms with Gasteiger partial charge in [-0.15, -0.1) is 11.3 Å². The SMILES string of the molecule is O=C(NCc1ccc(Cl)s1)[C@H]1CC(=O)N(C2CCCC2)C1. The molecule has 6 heteroatoms. The highest BCUT2D eigenvalue weighted by Crippen LogP contribution is 2.29. The average molecular weight is 327 g/mol. The quantitative estimate of drug-likeness (QED) is 0.925. The number of carbonyl (C=O) groups is 2. The van der Waals surface area contributed by atoms with E-state index in [4.69, 9.17) is 11.6 Å². The van der Waals surface area contributed by atoms with E-state index in [9.17, 15) is 9.59 Å². The van der Waals surface area contributed by atoms with E-state index in [1.807, 2.05) is 17.0 Å². The van der Waals surface area contributed by atoms with Gasteiger partial charge in [0.1, 0.15) is 0 Å². The van der Waals surface area contributed by atoms with Crippen LogP contribution in [-0.4, -0.2) is 29.3 Å². The number of nitrogens with zero attached hydrogens (tertiary/aromatic N) is 1. The molecule has 2 fully saturated rings. The van der Waals surface area contributed by atoms with Gasteiger partial charge < -0.3 is 10.2 Å². The maximum absolute atomic E-state index is 12.2. The Labute approximate surface area is 133 Å². The molecule has 2 heterocycles. The van der Waals surface area contributed by atoms with E-state index in [2.05, 4.69) is 5.32 Å². The first-order chi connectivity index (χ1) is 10.1. The van der Waals surface area contributed by atoms with E-state index < -0.39 is 0 Å². The van der Waals surface area contributed by atoms with E-state index in [-0.39, 0.29) is 17.7 Å². The second-order valence-corrected chi connectivity index (χ2v) is 7.61. The van der Waals surface area contributed by atoms with Crippen LogP contribution in [0.2, 0.25) is 4.34 Å². The molecule has 2 amide bonds. The zero-order chi connectivity index (χ0) is 14.8. The number of hydrogen-bond acceptors (Lipinski definition) is 3. The standard InChI is InChI=1S/C15H19ClN2O2S/c16-13-6-5-12(21-13)8-17-15(20)10-7-14(19)18(9-10)11-3-1-2-4-11/h5-6,10-11H,1-4,7-9H2,(H,17,20)/t10-/m0/s1. The number of thiophene rings is 1. The van der Waals surface area contributed by atoms with Crippen LogP contribution in [0.4, 0.5) is 0 Å². The number of rotatable bonds is 4. The number of amides is 2. The molecule has 4 nitrogen and oxygen atoms in total. The lowest BCUT2D eigenvalue weighted by Crippen LogP contribution is -2.36. The van der Waals surface area contributed by atoms with E-state index in [1.54, 1.807) is 0 Å². The summed E-state index contributed by atoms with van der Waals surface area (Å²) in [6, 6.07) is 4.11. The first-order valence-corrected chi connectivity index (χ1v) is 8.64. The summed E-state index contributed by atoms with van der Waals surface area (Å²) in [4.78, 5) is 27.3. The van der Waals surface area contributed by atoms with Crippen LogP contribution in [0, 0.1) is 5.92 Å². The molecular weight excluding hydrogens is 308 g/mol. The molecule has 114 valence electrons. The normalized spacial score (nSPS) is 23.0. The highest BCUT2D eigenvalue weighted by atomic mass is 35.5. The Bertz CT molecular complexity index is 540. The Morgan fingerprint density at radius 1 is 1.38 bits per heavy atom. The summed E-state index contributed by atoms with van der Waals surface area (Å²) in [5.74, 6) is -0.0804. The number of nitrogens with one attached hydrogen (secondary N) is 1. The van der Waals surface area contributed by atoms with Crippen molar-refractivity contribution in [3.63, 3.8) is 0 Å². The first-order valence-electron chi connectivity index (χ1n) is 7.45. The molecule has 0 spiro atoms. The Morgan fingerprint density at radius 2 is 2.14 bits per heavy atom. The molecule has 1 aliphatic heterocycles. The lowest BCUT2D eigenvalue weighted by atomic mass is 10.1. The van der Waals surface area contributed by atoms with Crippen LogP contribution < -0.4 is 5.32 Å². The summed E-state index contributed by atoms with van der Waals surface area (Å²) in [5.41, 5.74) is 0. The summed E-state index contributed by atoms with van der Waals surface area (Å²) < 4.78 is 0.725. The van der Waals surface area contributed by atoms with E-state index in [1.165, 1.54) is 24.2 Å². The number of halogens is 1. The number of carbonyl (C=O) groups excluding carboxylic acids is 2. The van der Waals surface area contributed by atoms with E-state index in [0.29, 0.717) is 25.6 Å². The fourth-order valence-corrected chi connectivity index (χ4v) is 4.27. The van der Waals surface area contributed by atoms with E-state index >= 15 is 0 Å². The van der Waals surface area contributed by atoms with Gasteiger partial charge in [-0.05, 0) is 25.0 Å². The second-order valence-electron chi connectivity index (χ2n) is 5.81. The molecule has 3 rings (SSSR count). The number of hydrogen-bond donors (Lipinski definition) is 1. The smallest absolute Gasteiger partial charge is 0.225 e. The topological polar surface area (TPSA) is 49.4 Å². The minimum absolute atomic E-state index is 0.0200. The zero-order valence-corrected chi connectivity index (χ0v) is 13.4. The molecule has 1 aliphatic carbocycles. The molecule has 1 saturated carbocycles. The molecule has 0 bridgehead atoms. The molecular formula is C15H19ClN2O2S. The summed E-state index contributed by atoms with van der Waals surface area (Å²) in [5, 5.41) is 2.92. The summed E-state index contributed by atoms with van der Waals surface area (Å²) in [6.45, 7) is 1.07. The Hall–Kier alpha value is -1.07. The predicted octanol–water partition coefficient (Wildman–Crippen LogP) is 2.81. The van der Waals surface area contributed by atoms with Crippen LogP contribution in [0.15, 0.2) is 12.1 Å². The third-order valence-corrected chi connectivity index (χ3v) is 5.59. The van der Waals surface area contributed by atoms with Crippen molar-refractivity contribution in [1.29, 1.82) is 0 Å². The van der Waals surface area contributed by atoms with E-state index in [0.717, 1.165) is 22.1 Å². The lowest BCUT2D eigenvalue weighted by molar-refractivity contribution is -0.130. The van der Waals surface area contributed by atoms with Crippen LogP contribution in [0.25, 0.3) is 0 Å². The lowest BCUT2D eigenvalue weighted by Gasteiger charge is -2.23. The molecule has 21 heavy (non-hydrogen) atoms. The molecule has 0 radical (unpaired) electrons. The Balaban J connectivity index is 1.52. The summed E-state index contributed by atoms with van der Waals surface area (Å²) in [7, 11) is 0. The highest BCUT2D eigenvalue weighted by molar-refractivity contribution is 7.16. The second kappa shape index (κ2) is 6.36. The van der Waals surface area contributed by atoms with Crippen molar-refractivity contribution in [3.05, 3.63) is 21.3 Å². The third kappa shape index (κ3) is 3.40. The van der Waals surface area contributed by atoms with Crippen molar-refractivity contribution in [3.8, 4) is 0 Å². The highest BCUT2D eigenvalue weighted by Gasteiger charge is 2.38. The van der Waals surface area contributed by atoms with Crippen molar-refractivity contribution in [1.82, 2.24) is 10.2 Å². The Morgan fingerprint density at radius 3 is 2.81 bits per heavy atom. The Kier molecular flexibility index (Phi) is 4.50. The fraction of sp³-hybridized carbons (Fsp3) is 0.600. The maximum Gasteiger partial charge on any atom is 0.225 e. The number of likely N-dealkylation sites (tertiary alicyclic amines) is 1. The molecule has 2 aliphatic rings. The molecule has 1 N–H and O–H groups in total. The van der Waals surface area contributed by atoms with Gasteiger partial charge in [0.2, 0.25) is 11.8 Å². The maximum atomic E-state index is 12.2. The van der Waals surface area contributed by atoms with Gasteiger partial charge >= 0.3 is 0 Å². The van der Waals surface area contributed by atoms with Gasteiger partial charge in [0.05, 0.1) is 16.8 Å². The summed E-state index contributed by atoms with van der Waals surface area (Å²) in [6.07, 6.45) is 4.93. The van der Waals surface area contributed by atoms with Crippen LogP contribution in [0.3, 0.4) is 0 Å². The van der Waals surface area contributed by atoms with Gasteiger partial charge in [-0.3, -0.25) is 9.59 Å². The van der Waals surface area contributed by atoms with Gasteiger partial charge in [0.15, 0.2) is 0 Å². The van der Waals surface area contributed by atoms with Crippen LogP contribution in [-0.2, 0) is 16.1 Å². The van der Waals surface area contributed by atoms with Gasteiger partial charge in [-0.25, -0.2) is 0 Å². The van der Waals surface area contributed by atoms with Gasteiger partial charge in [0, 0.05) is 23.9 Å². The average Bonchev–Trinajstić information content (AvgIpc) is 3.16. The third-order valence-electron chi connectivity index (χ3n) is 4.36. The minimum Gasteiger partial charge on any atom is -0.351 e. The molecule has 1 aromatic heterocycles. The van der Waals surface area contributed by atoms with Crippen molar-refractivity contribution < 1.29 is 9.59 Å². The van der Waals surface area contributed by atoms with Crippen molar-refractivity contribution >= 4 is 34.8 Å². The van der Waals surface area contributed by atoms with Gasteiger partial charge in [-0.1, -0.05) is 24.4 Å². The van der Waals surface area contributed by atoms with Gasteiger partial charge in [-0.2, -0.15) is 0 Å². The van der Waals surface area contributed by atoms with Gasteiger partial charge in [0.25, 0.3) is 0 Å². The minimum atomic E-state index is -0.200. The molecule has 0 unspecified atom stereocenters. The predicted molar refractivity (Wildman–Crippen MR) is 83.3 cm³/mol.